The maximum atomic E-state index is 5.88. The van der Waals surface area contributed by atoms with Gasteiger partial charge in [-0.05, 0) is 29.5 Å². The number of halogens is 1. The molecule has 0 heterocycles. The first-order valence-electron chi connectivity index (χ1n) is 4.70. The highest BCUT2D eigenvalue weighted by Gasteiger charge is 2.04. The quantitative estimate of drug-likeness (QED) is 0.507. The molecule has 1 aromatic rings. The van der Waals surface area contributed by atoms with E-state index in [0.29, 0.717) is 5.88 Å². The molecule has 0 unspecified atom stereocenters. The van der Waals surface area contributed by atoms with Gasteiger partial charge >= 0.3 is 0 Å². The topological polar surface area (TPSA) is 0 Å². The number of benzene rings is 1. The Morgan fingerprint density at radius 3 is 2.29 bits per heavy atom. The van der Waals surface area contributed by atoms with Gasteiger partial charge in [-0.2, -0.15) is 0 Å². The number of rotatable bonds is 5. The summed E-state index contributed by atoms with van der Waals surface area (Å²) in [7, 11) is 0. The number of alkyl halides is 1. The molecule has 1 rings (SSSR count). The molecule has 1 heteroatoms. The second kappa shape index (κ2) is 5.66. The van der Waals surface area contributed by atoms with Crippen LogP contribution in [0.25, 0.3) is 0 Å². The molecule has 0 amide bonds. The van der Waals surface area contributed by atoms with E-state index in [2.05, 4.69) is 25.3 Å². The normalized spacial score (nSPS) is 9.79. The molecule has 0 bridgehead atoms. The van der Waals surface area contributed by atoms with Crippen molar-refractivity contribution in [2.45, 2.75) is 18.7 Å². The summed E-state index contributed by atoms with van der Waals surface area (Å²) in [4.78, 5) is 0. The molecule has 0 aromatic heterocycles. The van der Waals surface area contributed by atoms with Gasteiger partial charge in [-0.15, -0.1) is 24.8 Å². The smallest absolute Gasteiger partial charge is 0.0477 e. The van der Waals surface area contributed by atoms with E-state index in [1.165, 1.54) is 16.7 Å². The minimum Gasteiger partial charge on any atom is -0.122 e. The predicted octanol–water partition coefficient (Wildman–Crippen LogP) is 3.88. The first-order valence-corrected chi connectivity index (χ1v) is 5.24. The Hall–Kier alpha value is -1.01. The van der Waals surface area contributed by atoms with Crippen molar-refractivity contribution in [1.82, 2.24) is 0 Å². The fourth-order valence-corrected chi connectivity index (χ4v) is 1.82. The lowest BCUT2D eigenvalue weighted by atomic mass is 9.97. The Balaban J connectivity index is 3.12. The molecular weight excluding hydrogens is 192 g/mol. The van der Waals surface area contributed by atoms with Crippen molar-refractivity contribution < 1.29 is 0 Å². The van der Waals surface area contributed by atoms with Crippen LogP contribution in [0.15, 0.2) is 43.5 Å². The van der Waals surface area contributed by atoms with Crippen molar-refractivity contribution in [3.8, 4) is 0 Å². The van der Waals surface area contributed by atoms with Crippen molar-refractivity contribution in [1.29, 1.82) is 0 Å². The van der Waals surface area contributed by atoms with E-state index < -0.39 is 0 Å². The van der Waals surface area contributed by atoms with Crippen molar-refractivity contribution in [2.75, 3.05) is 0 Å². The van der Waals surface area contributed by atoms with Crippen LogP contribution in [0.4, 0.5) is 0 Å². The Morgan fingerprint density at radius 2 is 1.71 bits per heavy atom. The van der Waals surface area contributed by atoms with E-state index in [1.54, 1.807) is 0 Å². The van der Waals surface area contributed by atoms with Gasteiger partial charge in [-0.1, -0.05) is 30.4 Å². The van der Waals surface area contributed by atoms with Crippen molar-refractivity contribution in [2.24, 2.45) is 0 Å². The van der Waals surface area contributed by atoms with Gasteiger partial charge in [0.1, 0.15) is 0 Å². The molecule has 0 N–H and O–H groups in total. The fraction of sp³-hybridized carbons (Fsp3) is 0.231. The van der Waals surface area contributed by atoms with Gasteiger partial charge in [0, 0.05) is 5.88 Å². The summed E-state index contributed by atoms with van der Waals surface area (Å²) in [6.07, 6.45) is 5.61. The van der Waals surface area contributed by atoms with Crippen molar-refractivity contribution in [3.63, 3.8) is 0 Å². The van der Waals surface area contributed by atoms with Crippen LogP contribution in [0.5, 0.6) is 0 Å². The van der Waals surface area contributed by atoms with Gasteiger partial charge in [-0.25, -0.2) is 0 Å². The molecule has 0 nitrogen and oxygen atoms in total. The minimum atomic E-state index is 0.564. The predicted molar refractivity (Wildman–Crippen MR) is 63.8 cm³/mol. The SMILES string of the molecule is C=CCc1cccc(CCl)c1CC=C. The van der Waals surface area contributed by atoms with Gasteiger partial charge in [0.15, 0.2) is 0 Å². The van der Waals surface area contributed by atoms with Gasteiger partial charge in [0.05, 0.1) is 0 Å². The molecule has 0 radical (unpaired) electrons. The second-order valence-corrected chi connectivity index (χ2v) is 3.44. The van der Waals surface area contributed by atoms with Crippen LogP contribution in [-0.2, 0) is 18.7 Å². The lowest BCUT2D eigenvalue weighted by Crippen LogP contribution is -1.96. The van der Waals surface area contributed by atoms with Crippen LogP contribution in [-0.4, -0.2) is 0 Å². The monoisotopic (exact) mass is 206 g/mol. The summed E-state index contributed by atoms with van der Waals surface area (Å²) in [5, 5.41) is 0. The van der Waals surface area contributed by atoms with E-state index in [1.807, 2.05) is 18.2 Å². The Kier molecular flexibility index (Phi) is 4.48. The largest absolute Gasteiger partial charge is 0.122 e. The van der Waals surface area contributed by atoms with E-state index in [9.17, 15) is 0 Å². The average Bonchev–Trinajstić information content (AvgIpc) is 2.21. The Labute approximate surface area is 90.9 Å². The molecule has 0 aliphatic carbocycles. The molecule has 14 heavy (non-hydrogen) atoms. The van der Waals surface area contributed by atoms with Crippen LogP contribution in [0, 0.1) is 0 Å². The molecule has 0 spiro atoms. The average molecular weight is 207 g/mol. The van der Waals surface area contributed by atoms with Gasteiger partial charge < -0.3 is 0 Å². The first kappa shape index (κ1) is 11.1. The third-order valence-electron chi connectivity index (χ3n) is 2.23. The third kappa shape index (κ3) is 2.49. The summed E-state index contributed by atoms with van der Waals surface area (Å²) < 4.78 is 0. The Morgan fingerprint density at radius 1 is 1.07 bits per heavy atom. The molecule has 0 aliphatic heterocycles. The fourth-order valence-electron chi connectivity index (χ4n) is 1.57. The van der Waals surface area contributed by atoms with Gasteiger partial charge in [0.2, 0.25) is 0 Å². The number of allylic oxidation sites excluding steroid dienone is 2. The van der Waals surface area contributed by atoms with Crippen LogP contribution in [0.2, 0.25) is 0 Å². The molecule has 0 saturated heterocycles. The van der Waals surface area contributed by atoms with Crippen LogP contribution in [0.1, 0.15) is 16.7 Å². The molecular formula is C13H15Cl. The maximum absolute atomic E-state index is 5.88. The highest BCUT2D eigenvalue weighted by molar-refractivity contribution is 6.17. The second-order valence-electron chi connectivity index (χ2n) is 3.17. The lowest BCUT2D eigenvalue weighted by molar-refractivity contribution is 1.11. The van der Waals surface area contributed by atoms with Crippen LogP contribution < -0.4 is 0 Å². The van der Waals surface area contributed by atoms with Crippen LogP contribution >= 0.6 is 11.6 Å². The van der Waals surface area contributed by atoms with Gasteiger partial charge in [0.25, 0.3) is 0 Å². The zero-order chi connectivity index (χ0) is 10.4. The number of hydrogen-bond donors (Lipinski definition) is 0. The maximum Gasteiger partial charge on any atom is 0.0477 e. The standard InChI is InChI=1S/C13H15Cl/c1-3-6-11-8-5-9-12(10-14)13(11)7-4-2/h3-5,8-9H,1-2,6-7,10H2. The Bertz CT molecular complexity index is 326. The highest BCUT2D eigenvalue weighted by atomic mass is 35.5. The first-order chi connectivity index (χ1) is 6.83. The van der Waals surface area contributed by atoms with Crippen LogP contribution in [0.3, 0.4) is 0 Å². The van der Waals surface area contributed by atoms with Crippen molar-refractivity contribution >= 4 is 11.6 Å². The molecule has 0 fully saturated rings. The zero-order valence-corrected chi connectivity index (χ0v) is 9.06. The zero-order valence-electron chi connectivity index (χ0n) is 8.30. The molecule has 0 atom stereocenters. The molecule has 0 saturated carbocycles. The van der Waals surface area contributed by atoms with Gasteiger partial charge in [-0.3, -0.25) is 0 Å². The summed E-state index contributed by atoms with van der Waals surface area (Å²) in [6.45, 7) is 7.52. The lowest BCUT2D eigenvalue weighted by Gasteiger charge is -2.10. The molecule has 74 valence electrons. The van der Waals surface area contributed by atoms with Crippen molar-refractivity contribution in [3.05, 3.63) is 60.2 Å². The third-order valence-corrected chi connectivity index (χ3v) is 2.51. The summed E-state index contributed by atoms with van der Waals surface area (Å²) in [6, 6.07) is 6.23. The minimum absolute atomic E-state index is 0.564. The van der Waals surface area contributed by atoms with E-state index in [-0.39, 0.29) is 0 Å². The molecule has 1 aromatic carbocycles. The van der Waals surface area contributed by atoms with E-state index >= 15 is 0 Å². The summed E-state index contributed by atoms with van der Waals surface area (Å²) in [5.41, 5.74) is 3.81. The molecule has 0 aliphatic rings. The van der Waals surface area contributed by atoms with E-state index in [4.69, 9.17) is 11.6 Å². The number of hydrogen-bond acceptors (Lipinski definition) is 0. The summed E-state index contributed by atoms with van der Waals surface area (Å²) in [5.74, 6) is 0.564. The highest BCUT2D eigenvalue weighted by Crippen LogP contribution is 2.18. The van der Waals surface area contributed by atoms with E-state index in [0.717, 1.165) is 12.8 Å². The summed E-state index contributed by atoms with van der Waals surface area (Å²) >= 11 is 5.88.